The van der Waals surface area contributed by atoms with Gasteiger partial charge in [-0.15, -0.1) is 0 Å². The maximum Gasteiger partial charge on any atom is 0.0447 e. The second-order valence-electron chi connectivity index (χ2n) is 5.83. The first-order valence-corrected chi connectivity index (χ1v) is 8.30. The molecule has 2 unspecified atom stereocenters. The highest BCUT2D eigenvalue weighted by molar-refractivity contribution is 8.00. The van der Waals surface area contributed by atoms with Crippen molar-refractivity contribution in [3.05, 3.63) is 0 Å². The van der Waals surface area contributed by atoms with Gasteiger partial charge in [-0.3, -0.25) is 4.90 Å². The lowest BCUT2D eigenvalue weighted by molar-refractivity contribution is 0.0484. The van der Waals surface area contributed by atoms with Crippen molar-refractivity contribution in [3.63, 3.8) is 0 Å². The van der Waals surface area contributed by atoms with Crippen molar-refractivity contribution in [1.29, 1.82) is 0 Å². The van der Waals surface area contributed by atoms with Gasteiger partial charge in [0.25, 0.3) is 0 Å². The van der Waals surface area contributed by atoms with Crippen LogP contribution in [0.1, 0.15) is 51.9 Å². The molecule has 1 saturated carbocycles. The minimum atomic E-state index is 0.269. The third kappa shape index (κ3) is 2.66. The van der Waals surface area contributed by atoms with E-state index in [1.54, 1.807) is 0 Å². The van der Waals surface area contributed by atoms with Crippen LogP contribution in [0.2, 0.25) is 0 Å². The topological polar surface area (TPSA) is 29.3 Å². The molecule has 2 aliphatic rings. The van der Waals surface area contributed by atoms with Gasteiger partial charge in [-0.25, -0.2) is 0 Å². The number of thioether (sulfide) groups is 1. The molecule has 2 rings (SSSR count). The Kier molecular flexibility index (Phi) is 4.79. The van der Waals surface area contributed by atoms with Gasteiger partial charge in [0.2, 0.25) is 0 Å². The Labute approximate surface area is 111 Å². The van der Waals surface area contributed by atoms with E-state index in [1.807, 2.05) is 0 Å². The molecule has 0 aromatic carbocycles. The number of hydrogen-bond acceptors (Lipinski definition) is 3. The Morgan fingerprint density at radius 1 is 1.24 bits per heavy atom. The standard InChI is InChI=1S/C14H28N2S/c1-12-14(11-15,9-6-10-17-12)16(2)13-7-4-3-5-8-13/h12-13H,3-11,15H2,1-2H3. The van der Waals surface area contributed by atoms with Gasteiger partial charge >= 0.3 is 0 Å². The summed E-state index contributed by atoms with van der Waals surface area (Å²) in [4.78, 5) is 2.67. The molecule has 0 spiro atoms. The summed E-state index contributed by atoms with van der Waals surface area (Å²) in [6.07, 6.45) is 9.66. The second-order valence-corrected chi connectivity index (χ2v) is 7.28. The molecule has 0 radical (unpaired) electrons. The highest BCUT2D eigenvalue weighted by Gasteiger charge is 2.43. The number of likely N-dealkylation sites (N-methyl/N-ethyl adjacent to an activating group) is 1. The third-order valence-electron chi connectivity index (χ3n) is 5.06. The molecule has 0 aromatic rings. The van der Waals surface area contributed by atoms with Crippen molar-refractivity contribution < 1.29 is 0 Å². The predicted octanol–water partition coefficient (Wildman–Crippen LogP) is 2.86. The van der Waals surface area contributed by atoms with E-state index in [-0.39, 0.29) is 5.54 Å². The Morgan fingerprint density at radius 2 is 1.94 bits per heavy atom. The Morgan fingerprint density at radius 3 is 2.53 bits per heavy atom. The molecule has 1 aliphatic carbocycles. The third-order valence-corrected chi connectivity index (χ3v) is 6.52. The molecular weight excluding hydrogens is 228 g/mol. The molecular formula is C14H28N2S. The van der Waals surface area contributed by atoms with Gasteiger partial charge in [0.15, 0.2) is 0 Å². The molecule has 0 amide bonds. The maximum atomic E-state index is 6.18. The molecule has 2 atom stereocenters. The summed E-state index contributed by atoms with van der Waals surface area (Å²) in [6, 6.07) is 0.786. The summed E-state index contributed by atoms with van der Waals surface area (Å²) in [5, 5.41) is 0.688. The van der Waals surface area contributed by atoms with Gasteiger partial charge in [0, 0.05) is 23.4 Å². The van der Waals surface area contributed by atoms with Crippen LogP contribution in [0.5, 0.6) is 0 Å². The zero-order chi connectivity index (χ0) is 12.3. The maximum absolute atomic E-state index is 6.18. The number of rotatable bonds is 3. The van der Waals surface area contributed by atoms with Gasteiger partial charge in [0.1, 0.15) is 0 Å². The molecule has 3 heteroatoms. The molecule has 1 aliphatic heterocycles. The Bertz CT molecular complexity index is 240. The largest absolute Gasteiger partial charge is 0.329 e. The molecule has 2 nitrogen and oxygen atoms in total. The summed E-state index contributed by atoms with van der Waals surface area (Å²) in [7, 11) is 2.34. The summed E-state index contributed by atoms with van der Waals surface area (Å²) >= 11 is 2.12. The normalized spacial score (nSPS) is 36.4. The average molecular weight is 256 g/mol. The second kappa shape index (κ2) is 5.94. The summed E-state index contributed by atoms with van der Waals surface area (Å²) in [5.41, 5.74) is 6.45. The van der Waals surface area contributed by atoms with E-state index in [2.05, 4.69) is 30.6 Å². The fourth-order valence-electron chi connectivity index (χ4n) is 3.70. The van der Waals surface area contributed by atoms with E-state index >= 15 is 0 Å². The average Bonchev–Trinajstić information content (AvgIpc) is 2.40. The smallest absolute Gasteiger partial charge is 0.0447 e. The lowest BCUT2D eigenvalue weighted by Crippen LogP contribution is -2.62. The summed E-state index contributed by atoms with van der Waals surface area (Å²) in [6.45, 7) is 3.21. The molecule has 2 fully saturated rings. The van der Waals surface area contributed by atoms with Crippen molar-refractivity contribution >= 4 is 11.8 Å². The van der Waals surface area contributed by atoms with Gasteiger partial charge in [-0.05, 0) is 38.5 Å². The van der Waals surface area contributed by atoms with Crippen LogP contribution >= 0.6 is 11.8 Å². The SMILES string of the molecule is CC1SCCCC1(CN)N(C)C1CCCCC1. The zero-order valence-corrected chi connectivity index (χ0v) is 12.3. The van der Waals surface area contributed by atoms with Crippen LogP contribution in [0.25, 0.3) is 0 Å². The highest BCUT2D eigenvalue weighted by atomic mass is 32.2. The van der Waals surface area contributed by atoms with Crippen LogP contribution in [-0.2, 0) is 0 Å². The van der Waals surface area contributed by atoms with Crippen LogP contribution in [-0.4, -0.2) is 41.1 Å². The quantitative estimate of drug-likeness (QED) is 0.842. The highest BCUT2D eigenvalue weighted by Crippen LogP contribution is 2.40. The summed E-state index contributed by atoms with van der Waals surface area (Å²) in [5.74, 6) is 1.32. The van der Waals surface area contributed by atoms with E-state index < -0.39 is 0 Å². The molecule has 1 heterocycles. The minimum absolute atomic E-state index is 0.269. The Hall–Kier alpha value is 0.270. The van der Waals surface area contributed by atoms with Crippen LogP contribution in [0.4, 0.5) is 0 Å². The van der Waals surface area contributed by atoms with E-state index in [9.17, 15) is 0 Å². The summed E-state index contributed by atoms with van der Waals surface area (Å²) < 4.78 is 0. The van der Waals surface area contributed by atoms with Crippen molar-refractivity contribution in [2.24, 2.45) is 5.73 Å². The van der Waals surface area contributed by atoms with Crippen LogP contribution in [0.3, 0.4) is 0 Å². The van der Waals surface area contributed by atoms with Gasteiger partial charge in [0.05, 0.1) is 0 Å². The van der Waals surface area contributed by atoms with Crippen LogP contribution in [0, 0.1) is 0 Å². The zero-order valence-electron chi connectivity index (χ0n) is 11.5. The van der Waals surface area contributed by atoms with E-state index in [0.29, 0.717) is 5.25 Å². The molecule has 1 saturated heterocycles. The molecule has 100 valence electrons. The number of nitrogens with zero attached hydrogens (tertiary/aromatic N) is 1. The minimum Gasteiger partial charge on any atom is -0.329 e. The first kappa shape index (κ1) is 13.7. The first-order valence-electron chi connectivity index (χ1n) is 7.25. The van der Waals surface area contributed by atoms with Gasteiger partial charge in [-0.1, -0.05) is 26.2 Å². The van der Waals surface area contributed by atoms with Gasteiger partial charge < -0.3 is 5.73 Å². The van der Waals surface area contributed by atoms with Crippen molar-refractivity contribution in [2.45, 2.75) is 68.7 Å². The molecule has 0 bridgehead atoms. The van der Waals surface area contributed by atoms with Crippen molar-refractivity contribution in [3.8, 4) is 0 Å². The predicted molar refractivity (Wildman–Crippen MR) is 77.6 cm³/mol. The number of nitrogens with two attached hydrogens (primary N) is 1. The lowest BCUT2D eigenvalue weighted by Gasteiger charge is -2.51. The molecule has 2 N–H and O–H groups in total. The first-order chi connectivity index (χ1) is 8.20. The van der Waals surface area contributed by atoms with Crippen molar-refractivity contribution in [2.75, 3.05) is 19.3 Å². The van der Waals surface area contributed by atoms with Gasteiger partial charge in [-0.2, -0.15) is 11.8 Å². The fourth-order valence-corrected chi connectivity index (χ4v) is 5.06. The monoisotopic (exact) mass is 256 g/mol. The Balaban J connectivity index is 2.09. The lowest BCUT2D eigenvalue weighted by atomic mass is 9.83. The van der Waals surface area contributed by atoms with Crippen LogP contribution in [0.15, 0.2) is 0 Å². The molecule has 17 heavy (non-hydrogen) atoms. The number of hydrogen-bond donors (Lipinski definition) is 1. The van der Waals surface area contributed by atoms with Crippen LogP contribution < -0.4 is 5.73 Å². The van der Waals surface area contributed by atoms with E-state index in [0.717, 1.165) is 12.6 Å². The van der Waals surface area contributed by atoms with E-state index in [1.165, 1.54) is 50.7 Å². The fraction of sp³-hybridized carbons (Fsp3) is 1.00. The van der Waals surface area contributed by atoms with E-state index in [4.69, 9.17) is 5.73 Å². The van der Waals surface area contributed by atoms with Crippen molar-refractivity contribution in [1.82, 2.24) is 4.90 Å². The molecule has 0 aromatic heterocycles.